The second-order valence-electron chi connectivity index (χ2n) is 6.40. The Labute approximate surface area is 156 Å². The quantitative estimate of drug-likeness (QED) is 0.842. The number of amides is 1. The van der Waals surface area contributed by atoms with Crippen LogP contribution in [0.2, 0.25) is 0 Å². The molecule has 27 heavy (non-hydrogen) atoms. The number of nitrogens with one attached hydrogen (secondary N) is 1. The molecule has 0 aliphatic carbocycles. The van der Waals surface area contributed by atoms with E-state index in [9.17, 15) is 22.0 Å². The summed E-state index contributed by atoms with van der Waals surface area (Å²) in [6.45, 7) is 1.09. The molecule has 1 aromatic heterocycles. The summed E-state index contributed by atoms with van der Waals surface area (Å²) in [6.07, 6.45) is 4.33. The Hall–Kier alpha value is -2.39. The number of hydrogen-bond acceptors (Lipinski definition) is 4. The van der Waals surface area contributed by atoms with Crippen LogP contribution in [-0.4, -0.2) is 43.8 Å². The van der Waals surface area contributed by atoms with Gasteiger partial charge in [-0.15, -0.1) is 0 Å². The van der Waals surface area contributed by atoms with Crippen LogP contribution in [0.15, 0.2) is 47.6 Å². The number of sulfonamides is 1. The maximum absolute atomic E-state index is 13.7. The van der Waals surface area contributed by atoms with Crippen LogP contribution in [0.1, 0.15) is 23.2 Å². The van der Waals surface area contributed by atoms with Gasteiger partial charge in [0.05, 0.1) is 5.56 Å². The lowest BCUT2D eigenvalue weighted by Crippen LogP contribution is -2.41. The zero-order valence-corrected chi connectivity index (χ0v) is 15.3. The number of hydrogen-bond donors (Lipinski definition) is 1. The van der Waals surface area contributed by atoms with Gasteiger partial charge in [-0.1, -0.05) is 0 Å². The van der Waals surface area contributed by atoms with Crippen molar-refractivity contribution in [1.29, 1.82) is 0 Å². The number of piperidine rings is 1. The van der Waals surface area contributed by atoms with Gasteiger partial charge in [0.25, 0.3) is 5.91 Å². The standard InChI is InChI=1S/C18H19F2N3O3S/c19-15-3-4-16(20)17(10-15)27(25,26)22-11-13-5-8-23(9-6-13)18(24)14-2-1-7-21-12-14/h1-4,7,10,12-13,22H,5-6,8-9,11H2. The first kappa shape index (κ1) is 19.4. The fourth-order valence-electron chi connectivity index (χ4n) is 3.00. The maximum atomic E-state index is 13.7. The fourth-order valence-corrected chi connectivity index (χ4v) is 4.20. The average molecular weight is 395 g/mol. The molecule has 0 bridgehead atoms. The lowest BCUT2D eigenvalue weighted by atomic mass is 9.97. The third-order valence-electron chi connectivity index (χ3n) is 4.56. The van der Waals surface area contributed by atoms with Crippen LogP contribution in [-0.2, 0) is 10.0 Å². The Bertz CT molecular complexity index is 915. The van der Waals surface area contributed by atoms with Gasteiger partial charge >= 0.3 is 0 Å². The minimum absolute atomic E-state index is 0.00865. The molecule has 144 valence electrons. The highest BCUT2D eigenvalue weighted by molar-refractivity contribution is 7.89. The molecule has 3 rings (SSSR count). The van der Waals surface area contributed by atoms with Crippen LogP contribution in [0.3, 0.4) is 0 Å². The molecule has 1 aliphatic heterocycles. The van der Waals surface area contributed by atoms with Crippen molar-refractivity contribution in [2.45, 2.75) is 17.7 Å². The molecule has 1 aliphatic rings. The molecule has 0 spiro atoms. The molecule has 2 heterocycles. The first-order valence-electron chi connectivity index (χ1n) is 8.51. The van der Waals surface area contributed by atoms with Gasteiger partial charge < -0.3 is 4.90 Å². The SMILES string of the molecule is O=C(c1cccnc1)N1CCC(CNS(=O)(=O)c2cc(F)ccc2F)CC1. The maximum Gasteiger partial charge on any atom is 0.255 e. The molecular formula is C18H19F2N3O3S. The monoisotopic (exact) mass is 395 g/mol. The van der Waals surface area contributed by atoms with Gasteiger partial charge in [-0.2, -0.15) is 0 Å². The fraction of sp³-hybridized carbons (Fsp3) is 0.333. The van der Waals surface area contributed by atoms with Crippen molar-refractivity contribution >= 4 is 15.9 Å². The van der Waals surface area contributed by atoms with Crippen molar-refractivity contribution < 1.29 is 22.0 Å². The topological polar surface area (TPSA) is 79.4 Å². The van der Waals surface area contributed by atoms with Crippen molar-refractivity contribution in [3.05, 3.63) is 59.9 Å². The van der Waals surface area contributed by atoms with E-state index in [2.05, 4.69) is 9.71 Å². The third-order valence-corrected chi connectivity index (χ3v) is 5.99. The normalized spacial score (nSPS) is 15.7. The van der Waals surface area contributed by atoms with Crippen molar-refractivity contribution in [2.24, 2.45) is 5.92 Å². The zero-order chi connectivity index (χ0) is 19.4. The molecule has 1 fully saturated rings. The van der Waals surface area contributed by atoms with Crippen molar-refractivity contribution in [2.75, 3.05) is 19.6 Å². The van der Waals surface area contributed by atoms with Gasteiger partial charge in [0.15, 0.2) is 0 Å². The van der Waals surface area contributed by atoms with E-state index >= 15 is 0 Å². The Morgan fingerprint density at radius 2 is 1.96 bits per heavy atom. The summed E-state index contributed by atoms with van der Waals surface area (Å²) >= 11 is 0. The highest BCUT2D eigenvalue weighted by atomic mass is 32.2. The molecule has 0 atom stereocenters. The van der Waals surface area contributed by atoms with Crippen LogP contribution < -0.4 is 4.72 Å². The molecule has 0 radical (unpaired) electrons. The lowest BCUT2D eigenvalue weighted by molar-refractivity contribution is 0.0691. The summed E-state index contributed by atoms with van der Waals surface area (Å²) in [5.41, 5.74) is 0.512. The first-order valence-corrected chi connectivity index (χ1v) is 9.99. The number of benzene rings is 1. The van der Waals surface area contributed by atoms with Gasteiger partial charge in [0.2, 0.25) is 10.0 Å². The van der Waals surface area contributed by atoms with E-state index in [1.54, 1.807) is 23.2 Å². The second kappa shape index (κ2) is 8.10. The number of aromatic nitrogens is 1. The van der Waals surface area contributed by atoms with Gasteiger partial charge in [0.1, 0.15) is 16.5 Å². The van der Waals surface area contributed by atoms with Gasteiger partial charge in [0, 0.05) is 32.0 Å². The van der Waals surface area contributed by atoms with Crippen molar-refractivity contribution in [3.8, 4) is 0 Å². The predicted octanol–water partition coefficient (Wildman–Crippen LogP) is 2.19. The first-order chi connectivity index (χ1) is 12.9. The molecule has 1 aromatic carbocycles. The van der Waals surface area contributed by atoms with Crippen LogP contribution in [0, 0.1) is 17.6 Å². The highest BCUT2D eigenvalue weighted by Gasteiger charge is 2.26. The molecule has 1 amide bonds. The van der Waals surface area contributed by atoms with E-state index in [0.29, 0.717) is 37.6 Å². The minimum atomic E-state index is -4.14. The van der Waals surface area contributed by atoms with Gasteiger partial charge in [-0.05, 0) is 49.1 Å². The van der Waals surface area contributed by atoms with E-state index < -0.39 is 26.6 Å². The molecular weight excluding hydrogens is 376 g/mol. The van der Waals surface area contributed by atoms with Gasteiger partial charge in [-0.3, -0.25) is 9.78 Å². The Kier molecular flexibility index (Phi) is 5.81. The lowest BCUT2D eigenvalue weighted by Gasteiger charge is -2.32. The number of pyridine rings is 1. The van der Waals surface area contributed by atoms with E-state index in [-0.39, 0.29) is 18.4 Å². The number of carbonyl (C=O) groups is 1. The number of carbonyl (C=O) groups excluding carboxylic acids is 1. The van der Waals surface area contributed by atoms with E-state index in [0.717, 1.165) is 12.1 Å². The van der Waals surface area contributed by atoms with E-state index in [4.69, 9.17) is 0 Å². The summed E-state index contributed by atoms with van der Waals surface area (Å²) in [4.78, 5) is 17.3. The van der Waals surface area contributed by atoms with Crippen LogP contribution >= 0.6 is 0 Å². The van der Waals surface area contributed by atoms with Crippen molar-refractivity contribution in [3.63, 3.8) is 0 Å². The molecule has 0 unspecified atom stereocenters. The molecule has 1 N–H and O–H groups in total. The zero-order valence-electron chi connectivity index (χ0n) is 14.4. The molecule has 1 saturated heterocycles. The number of likely N-dealkylation sites (tertiary alicyclic amines) is 1. The average Bonchev–Trinajstić information content (AvgIpc) is 2.69. The summed E-state index contributed by atoms with van der Waals surface area (Å²) in [6, 6.07) is 5.70. The van der Waals surface area contributed by atoms with Crippen molar-refractivity contribution in [1.82, 2.24) is 14.6 Å². The Balaban J connectivity index is 1.55. The summed E-state index contributed by atoms with van der Waals surface area (Å²) in [5.74, 6) is -1.92. The number of halogens is 2. The molecule has 6 nitrogen and oxygen atoms in total. The third kappa shape index (κ3) is 4.67. The molecule has 0 saturated carbocycles. The van der Waals surface area contributed by atoms with Crippen LogP contribution in [0.5, 0.6) is 0 Å². The van der Waals surface area contributed by atoms with Crippen LogP contribution in [0.25, 0.3) is 0 Å². The Morgan fingerprint density at radius 3 is 2.63 bits per heavy atom. The smallest absolute Gasteiger partial charge is 0.255 e. The number of rotatable bonds is 5. The molecule has 9 heteroatoms. The predicted molar refractivity (Wildman–Crippen MR) is 94.4 cm³/mol. The largest absolute Gasteiger partial charge is 0.339 e. The summed E-state index contributed by atoms with van der Waals surface area (Å²) < 4.78 is 53.7. The van der Waals surface area contributed by atoms with E-state index in [1.165, 1.54) is 6.20 Å². The van der Waals surface area contributed by atoms with Gasteiger partial charge in [-0.25, -0.2) is 21.9 Å². The van der Waals surface area contributed by atoms with Crippen LogP contribution in [0.4, 0.5) is 8.78 Å². The second-order valence-corrected chi connectivity index (χ2v) is 8.14. The summed E-state index contributed by atoms with van der Waals surface area (Å²) in [5, 5.41) is 0. The highest BCUT2D eigenvalue weighted by Crippen LogP contribution is 2.20. The number of nitrogens with zero attached hydrogens (tertiary/aromatic N) is 2. The summed E-state index contributed by atoms with van der Waals surface area (Å²) in [7, 11) is -4.14. The minimum Gasteiger partial charge on any atom is -0.339 e. The van der Waals surface area contributed by atoms with E-state index in [1.807, 2.05) is 0 Å². The Morgan fingerprint density at radius 1 is 1.22 bits per heavy atom. The molecule has 2 aromatic rings.